The van der Waals surface area contributed by atoms with E-state index in [9.17, 15) is 4.79 Å². The Balaban J connectivity index is 1.51. The van der Waals surface area contributed by atoms with E-state index in [0.717, 1.165) is 37.6 Å². The lowest BCUT2D eigenvalue weighted by atomic mass is 10.0. The van der Waals surface area contributed by atoms with Crippen molar-refractivity contribution >= 4 is 44.4 Å². The molecule has 10 heteroatoms. The van der Waals surface area contributed by atoms with Gasteiger partial charge >= 0.3 is 0 Å². The Morgan fingerprint density at radius 3 is 2.20 bits per heavy atom. The number of oxime groups is 2. The van der Waals surface area contributed by atoms with Crippen LogP contribution in [-0.4, -0.2) is 32.6 Å². The van der Waals surface area contributed by atoms with E-state index in [4.69, 9.17) is 21.9 Å². The number of rotatable bonds is 8. The second-order valence-corrected chi connectivity index (χ2v) is 10.4. The number of nitrogens with two attached hydrogens (primary N) is 2. The van der Waals surface area contributed by atoms with E-state index in [0.29, 0.717) is 23.2 Å². The predicted octanol–water partition coefficient (Wildman–Crippen LogP) is 5.24. The van der Waals surface area contributed by atoms with Gasteiger partial charge in [-0.1, -0.05) is 86.9 Å². The zero-order chi connectivity index (χ0) is 28.9. The molecule has 0 aliphatic carbocycles. The summed E-state index contributed by atoms with van der Waals surface area (Å²) in [5.74, 6) is -0.192. The van der Waals surface area contributed by atoms with Gasteiger partial charge in [-0.25, -0.2) is 0 Å². The maximum Gasteiger partial charge on any atom is 0.253 e. The number of benzene rings is 4. The van der Waals surface area contributed by atoms with Crippen molar-refractivity contribution in [3.63, 3.8) is 0 Å². The molecule has 1 amide bonds. The van der Waals surface area contributed by atoms with Crippen molar-refractivity contribution in [2.24, 2.45) is 21.8 Å². The summed E-state index contributed by atoms with van der Waals surface area (Å²) in [6.07, 6.45) is 1.87. The highest BCUT2D eigenvalue weighted by Crippen LogP contribution is 2.29. The molecule has 1 heterocycles. The minimum absolute atomic E-state index is 0.00136. The summed E-state index contributed by atoms with van der Waals surface area (Å²) in [7, 11) is 0. The Bertz CT molecular complexity index is 1810. The lowest BCUT2D eigenvalue weighted by Crippen LogP contribution is -2.23. The van der Waals surface area contributed by atoms with Crippen LogP contribution in [0.3, 0.4) is 0 Å². The van der Waals surface area contributed by atoms with Crippen molar-refractivity contribution in [3.8, 4) is 11.1 Å². The monoisotopic (exact) mass is 610 g/mol. The van der Waals surface area contributed by atoms with Crippen LogP contribution in [0.25, 0.3) is 22.0 Å². The fourth-order valence-corrected chi connectivity index (χ4v) is 5.15. The first-order valence-corrected chi connectivity index (χ1v) is 13.5. The number of amides is 1. The van der Waals surface area contributed by atoms with Gasteiger partial charge in [0.05, 0.1) is 5.56 Å². The summed E-state index contributed by atoms with van der Waals surface area (Å²) in [4.78, 5) is 13.5. The topological polar surface area (TPSA) is 151 Å². The van der Waals surface area contributed by atoms with Crippen molar-refractivity contribution < 1.29 is 15.2 Å². The number of halogens is 1. The molecular weight excluding hydrogens is 584 g/mol. The Morgan fingerprint density at radius 2 is 1.46 bits per heavy atom. The minimum atomic E-state index is -0.223. The number of amidine groups is 2. The van der Waals surface area contributed by atoms with Crippen LogP contribution in [-0.2, 0) is 13.1 Å². The summed E-state index contributed by atoms with van der Waals surface area (Å²) in [5, 5.41) is 28.0. The number of hydrogen-bond donors (Lipinski definition) is 5. The first-order valence-electron chi connectivity index (χ1n) is 12.7. The van der Waals surface area contributed by atoms with Gasteiger partial charge in [0.25, 0.3) is 5.91 Å². The van der Waals surface area contributed by atoms with Gasteiger partial charge in [0, 0.05) is 45.8 Å². The van der Waals surface area contributed by atoms with Crippen LogP contribution in [0, 0.1) is 0 Å². The lowest BCUT2D eigenvalue weighted by Gasteiger charge is -2.09. The molecule has 206 valence electrons. The van der Waals surface area contributed by atoms with Crippen molar-refractivity contribution in [1.82, 2.24) is 9.88 Å². The van der Waals surface area contributed by atoms with E-state index < -0.39 is 0 Å². The van der Waals surface area contributed by atoms with Crippen LogP contribution >= 0.6 is 15.9 Å². The molecule has 0 fully saturated rings. The second-order valence-electron chi connectivity index (χ2n) is 9.47. The second kappa shape index (κ2) is 12.0. The normalized spacial score (nSPS) is 12.0. The lowest BCUT2D eigenvalue weighted by molar-refractivity contribution is 0.0952. The number of hydrogen-bond acceptors (Lipinski definition) is 5. The summed E-state index contributed by atoms with van der Waals surface area (Å²) in [6, 6.07) is 28.5. The molecule has 0 radical (unpaired) electrons. The quantitative estimate of drug-likeness (QED) is 0.0704. The van der Waals surface area contributed by atoms with Crippen LogP contribution in [0.1, 0.15) is 32.6 Å². The van der Waals surface area contributed by atoms with Crippen molar-refractivity contribution in [2.75, 3.05) is 0 Å². The Labute approximate surface area is 244 Å². The van der Waals surface area contributed by atoms with E-state index in [-0.39, 0.29) is 24.1 Å². The van der Waals surface area contributed by atoms with Crippen LogP contribution in [0.4, 0.5) is 0 Å². The third-order valence-electron chi connectivity index (χ3n) is 6.75. The molecule has 5 aromatic rings. The van der Waals surface area contributed by atoms with E-state index in [1.165, 1.54) is 0 Å². The Morgan fingerprint density at radius 1 is 0.805 bits per heavy atom. The minimum Gasteiger partial charge on any atom is -0.409 e. The third kappa shape index (κ3) is 6.07. The molecule has 5 rings (SSSR count). The maximum atomic E-state index is 13.5. The molecule has 1 aromatic heterocycles. The number of carbonyl (C=O) groups excluding carboxylic acids is 1. The average molecular weight is 612 g/mol. The molecule has 0 unspecified atom stereocenters. The molecule has 0 atom stereocenters. The maximum absolute atomic E-state index is 13.5. The summed E-state index contributed by atoms with van der Waals surface area (Å²) in [5.41, 5.74) is 17.8. The zero-order valence-corrected chi connectivity index (χ0v) is 23.4. The van der Waals surface area contributed by atoms with Crippen molar-refractivity contribution in [1.29, 1.82) is 0 Å². The van der Waals surface area contributed by atoms with Gasteiger partial charge < -0.3 is 31.8 Å². The molecule has 0 aliphatic rings. The standard InChI is InChI=1S/C31H27BrN6O3/c32-25-9-2-5-20(13-25)17-38-18-27(31(39)35-16-19-4-1-7-23(12-19)29(33)36-40)26-11-10-22(15-28(26)38)21-6-3-8-24(14-21)30(34)37-41/h1-15,18,40-41H,16-17H2,(H2,33,36)(H2,34,37)(H,35,39). The highest BCUT2D eigenvalue weighted by molar-refractivity contribution is 9.10. The number of nitrogens with zero attached hydrogens (tertiary/aromatic N) is 3. The van der Waals surface area contributed by atoms with Crippen LogP contribution in [0.5, 0.6) is 0 Å². The molecule has 0 aliphatic heterocycles. The summed E-state index contributed by atoms with van der Waals surface area (Å²) in [6.45, 7) is 0.820. The molecule has 0 saturated carbocycles. The summed E-state index contributed by atoms with van der Waals surface area (Å²) < 4.78 is 3.03. The van der Waals surface area contributed by atoms with Crippen molar-refractivity contribution in [3.05, 3.63) is 129 Å². The molecule has 7 N–H and O–H groups in total. The molecule has 0 bridgehead atoms. The number of carbonyl (C=O) groups is 1. The highest BCUT2D eigenvalue weighted by atomic mass is 79.9. The van der Waals surface area contributed by atoms with Crippen LogP contribution < -0.4 is 16.8 Å². The van der Waals surface area contributed by atoms with E-state index in [2.05, 4.69) is 36.1 Å². The van der Waals surface area contributed by atoms with Crippen LogP contribution in [0.15, 0.2) is 112 Å². The van der Waals surface area contributed by atoms with Gasteiger partial charge in [0.2, 0.25) is 0 Å². The number of nitrogens with one attached hydrogen (secondary N) is 1. The van der Waals surface area contributed by atoms with Gasteiger partial charge in [-0.3, -0.25) is 4.79 Å². The van der Waals surface area contributed by atoms with Gasteiger partial charge in [-0.05, 0) is 52.6 Å². The number of aromatic nitrogens is 1. The van der Waals surface area contributed by atoms with Crippen LogP contribution in [0.2, 0.25) is 0 Å². The fraction of sp³-hybridized carbons (Fsp3) is 0.0645. The van der Waals surface area contributed by atoms with E-state index in [1.54, 1.807) is 24.3 Å². The third-order valence-corrected chi connectivity index (χ3v) is 7.25. The largest absolute Gasteiger partial charge is 0.409 e. The first kappa shape index (κ1) is 27.5. The molecule has 9 nitrogen and oxygen atoms in total. The van der Waals surface area contributed by atoms with Gasteiger partial charge in [-0.15, -0.1) is 0 Å². The molecule has 0 spiro atoms. The van der Waals surface area contributed by atoms with Gasteiger partial charge in [0.1, 0.15) is 0 Å². The first-order chi connectivity index (χ1) is 19.9. The van der Waals surface area contributed by atoms with Crippen molar-refractivity contribution in [2.45, 2.75) is 13.1 Å². The SMILES string of the molecule is N/C(=N\O)c1cccc(CNC(=O)c2cn(Cc3cccc(Br)c3)c3cc(-c4cccc(/C(N)=N/O)c4)ccc23)c1. The highest BCUT2D eigenvalue weighted by Gasteiger charge is 2.17. The molecular formula is C31H27BrN6O3. The fourth-order valence-electron chi connectivity index (χ4n) is 4.71. The van der Waals surface area contributed by atoms with Gasteiger partial charge in [0.15, 0.2) is 11.7 Å². The Kier molecular flexibility index (Phi) is 8.02. The molecule has 0 saturated heterocycles. The zero-order valence-electron chi connectivity index (χ0n) is 21.8. The average Bonchev–Trinajstić information content (AvgIpc) is 3.36. The van der Waals surface area contributed by atoms with E-state index in [1.807, 2.05) is 72.9 Å². The smallest absolute Gasteiger partial charge is 0.253 e. The predicted molar refractivity (Wildman–Crippen MR) is 163 cm³/mol. The Hall–Kier alpha value is -5.09. The number of fused-ring (bicyclic) bond motifs is 1. The summed E-state index contributed by atoms with van der Waals surface area (Å²) >= 11 is 3.54. The van der Waals surface area contributed by atoms with Gasteiger partial charge in [-0.2, -0.15) is 0 Å². The molecule has 4 aromatic carbocycles. The van der Waals surface area contributed by atoms with E-state index >= 15 is 0 Å². The molecule has 41 heavy (non-hydrogen) atoms.